The van der Waals surface area contributed by atoms with Crippen LogP contribution in [-0.4, -0.2) is 63.3 Å². The number of rotatable bonds is 7. The highest BCUT2D eigenvalue weighted by molar-refractivity contribution is 5.79. The Labute approximate surface area is 149 Å². The van der Waals surface area contributed by atoms with Gasteiger partial charge in [0.05, 0.1) is 19.8 Å². The number of hydrogen-bond donors (Lipinski definition) is 2. The van der Waals surface area contributed by atoms with Gasteiger partial charge in [0.25, 0.3) is 0 Å². The largest absolute Gasteiger partial charge is 0.379 e. The van der Waals surface area contributed by atoms with Gasteiger partial charge >= 0.3 is 0 Å². The molecule has 1 saturated heterocycles. The lowest BCUT2D eigenvalue weighted by Gasteiger charge is -2.26. The van der Waals surface area contributed by atoms with Crippen LogP contribution in [0, 0.1) is 5.82 Å². The molecule has 1 heterocycles. The quantitative estimate of drug-likeness (QED) is 0.582. The summed E-state index contributed by atoms with van der Waals surface area (Å²) in [4.78, 5) is 7.16. The smallest absolute Gasteiger partial charge is 0.191 e. The lowest BCUT2D eigenvalue weighted by Crippen LogP contribution is -2.44. The highest BCUT2D eigenvalue weighted by Crippen LogP contribution is 2.48. The van der Waals surface area contributed by atoms with Crippen LogP contribution in [0.2, 0.25) is 0 Å². The Hall–Kier alpha value is -1.66. The lowest BCUT2D eigenvalue weighted by molar-refractivity contribution is 0.0389. The molecule has 0 bridgehead atoms. The Kier molecular flexibility index (Phi) is 6.26. The summed E-state index contributed by atoms with van der Waals surface area (Å²) in [5, 5.41) is 6.72. The number of morpholine rings is 1. The normalized spacial score (nSPS) is 20.3. The standard InChI is InChI=1S/C19H29FN4O/c1-2-21-18(22-8-9-24-10-12-25-13-11-24)23-15-19(6-7-19)16-4-3-5-17(20)14-16/h3-5,14H,2,6-13,15H2,1H3,(H2,21,22,23). The summed E-state index contributed by atoms with van der Waals surface area (Å²) in [6.45, 7) is 9.09. The summed E-state index contributed by atoms with van der Waals surface area (Å²) in [7, 11) is 0. The minimum absolute atomic E-state index is 0.0225. The average molecular weight is 348 g/mol. The number of aliphatic imine (C=N–C) groups is 1. The Morgan fingerprint density at radius 1 is 1.28 bits per heavy atom. The van der Waals surface area contributed by atoms with Gasteiger partial charge in [-0.3, -0.25) is 9.89 Å². The van der Waals surface area contributed by atoms with Crippen LogP contribution in [0.5, 0.6) is 0 Å². The van der Waals surface area contributed by atoms with E-state index in [0.29, 0.717) is 6.54 Å². The monoisotopic (exact) mass is 348 g/mol. The van der Waals surface area contributed by atoms with E-state index in [4.69, 9.17) is 9.73 Å². The first-order chi connectivity index (χ1) is 12.2. The summed E-state index contributed by atoms with van der Waals surface area (Å²) in [6.07, 6.45) is 2.15. The summed E-state index contributed by atoms with van der Waals surface area (Å²) < 4.78 is 18.9. The Morgan fingerprint density at radius 2 is 2.08 bits per heavy atom. The van der Waals surface area contributed by atoms with Gasteiger partial charge < -0.3 is 15.4 Å². The van der Waals surface area contributed by atoms with Crippen molar-refractivity contribution in [3.63, 3.8) is 0 Å². The molecule has 0 spiro atoms. The third-order valence-electron chi connectivity index (χ3n) is 5.00. The molecule has 2 fully saturated rings. The minimum atomic E-state index is -0.164. The number of ether oxygens (including phenoxy) is 1. The van der Waals surface area contributed by atoms with Crippen LogP contribution in [0.25, 0.3) is 0 Å². The molecule has 1 aromatic carbocycles. The minimum Gasteiger partial charge on any atom is -0.379 e. The molecule has 0 unspecified atom stereocenters. The fraction of sp³-hybridized carbons (Fsp3) is 0.632. The van der Waals surface area contributed by atoms with Crippen LogP contribution in [0.4, 0.5) is 4.39 Å². The van der Waals surface area contributed by atoms with Crippen LogP contribution >= 0.6 is 0 Å². The van der Waals surface area contributed by atoms with Gasteiger partial charge in [-0.05, 0) is 37.5 Å². The third-order valence-corrected chi connectivity index (χ3v) is 5.00. The predicted octanol–water partition coefficient (Wildman–Crippen LogP) is 1.74. The Morgan fingerprint density at radius 3 is 2.76 bits per heavy atom. The fourth-order valence-corrected chi connectivity index (χ4v) is 3.24. The van der Waals surface area contributed by atoms with Gasteiger partial charge in [0, 0.05) is 38.1 Å². The topological polar surface area (TPSA) is 48.9 Å². The van der Waals surface area contributed by atoms with E-state index >= 15 is 0 Å². The van der Waals surface area contributed by atoms with Crippen LogP contribution in [-0.2, 0) is 10.2 Å². The van der Waals surface area contributed by atoms with Crippen molar-refractivity contribution in [2.75, 3.05) is 52.5 Å². The first-order valence-electron chi connectivity index (χ1n) is 9.30. The Balaban J connectivity index is 1.53. The van der Waals surface area contributed by atoms with Crippen LogP contribution in [0.15, 0.2) is 29.3 Å². The van der Waals surface area contributed by atoms with Crippen molar-refractivity contribution >= 4 is 5.96 Å². The number of halogens is 1. The van der Waals surface area contributed by atoms with Crippen molar-refractivity contribution < 1.29 is 9.13 Å². The molecule has 138 valence electrons. The molecule has 25 heavy (non-hydrogen) atoms. The average Bonchev–Trinajstić information content (AvgIpc) is 3.42. The SMILES string of the molecule is CCNC(=NCC1(c2cccc(F)c2)CC1)NCCN1CCOCC1. The van der Waals surface area contributed by atoms with Gasteiger partial charge in [-0.2, -0.15) is 0 Å². The molecule has 3 rings (SSSR count). The maximum absolute atomic E-state index is 13.5. The lowest BCUT2D eigenvalue weighted by atomic mass is 9.96. The highest BCUT2D eigenvalue weighted by atomic mass is 19.1. The molecule has 0 aromatic heterocycles. The second-order valence-corrected chi connectivity index (χ2v) is 6.87. The number of benzene rings is 1. The van der Waals surface area contributed by atoms with Gasteiger partial charge in [-0.25, -0.2) is 4.39 Å². The number of hydrogen-bond acceptors (Lipinski definition) is 3. The molecule has 0 amide bonds. The molecule has 1 aromatic rings. The molecular weight excluding hydrogens is 319 g/mol. The number of nitrogens with zero attached hydrogens (tertiary/aromatic N) is 2. The van der Waals surface area contributed by atoms with Crippen molar-refractivity contribution in [1.82, 2.24) is 15.5 Å². The van der Waals surface area contributed by atoms with Gasteiger partial charge in [-0.15, -0.1) is 0 Å². The molecular formula is C19H29FN4O. The molecule has 1 aliphatic heterocycles. The van der Waals surface area contributed by atoms with E-state index in [1.165, 1.54) is 6.07 Å². The molecule has 6 heteroatoms. The summed E-state index contributed by atoms with van der Waals surface area (Å²) in [5.41, 5.74) is 1.09. The summed E-state index contributed by atoms with van der Waals surface area (Å²) in [5.74, 6) is 0.682. The maximum Gasteiger partial charge on any atom is 0.191 e. The van der Waals surface area contributed by atoms with Crippen LogP contribution < -0.4 is 10.6 Å². The van der Waals surface area contributed by atoms with E-state index in [1.807, 2.05) is 6.07 Å². The van der Waals surface area contributed by atoms with Crippen molar-refractivity contribution in [1.29, 1.82) is 0 Å². The number of nitrogens with one attached hydrogen (secondary N) is 2. The van der Waals surface area contributed by atoms with E-state index in [-0.39, 0.29) is 11.2 Å². The second-order valence-electron chi connectivity index (χ2n) is 6.87. The Bertz CT molecular complexity index is 583. The predicted molar refractivity (Wildman–Crippen MR) is 98.6 cm³/mol. The molecule has 1 saturated carbocycles. The zero-order valence-corrected chi connectivity index (χ0v) is 15.1. The van der Waals surface area contributed by atoms with Crippen LogP contribution in [0.1, 0.15) is 25.3 Å². The maximum atomic E-state index is 13.5. The van der Waals surface area contributed by atoms with Crippen molar-refractivity contribution in [3.8, 4) is 0 Å². The zero-order chi connectivity index (χ0) is 17.5. The number of guanidine groups is 1. The van der Waals surface area contributed by atoms with Crippen molar-refractivity contribution in [3.05, 3.63) is 35.6 Å². The van der Waals surface area contributed by atoms with Gasteiger partial charge in [0.1, 0.15) is 5.82 Å². The molecule has 1 aliphatic carbocycles. The first-order valence-corrected chi connectivity index (χ1v) is 9.30. The van der Waals surface area contributed by atoms with E-state index in [2.05, 4.69) is 22.5 Å². The summed E-state index contributed by atoms with van der Waals surface area (Å²) >= 11 is 0. The zero-order valence-electron chi connectivity index (χ0n) is 15.1. The first kappa shape index (κ1) is 18.1. The van der Waals surface area contributed by atoms with E-state index in [9.17, 15) is 4.39 Å². The van der Waals surface area contributed by atoms with Gasteiger partial charge in [-0.1, -0.05) is 12.1 Å². The van der Waals surface area contributed by atoms with E-state index in [1.54, 1.807) is 12.1 Å². The molecule has 2 N–H and O–H groups in total. The van der Waals surface area contributed by atoms with Crippen molar-refractivity contribution in [2.45, 2.75) is 25.2 Å². The molecule has 0 atom stereocenters. The van der Waals surface area contributed by atoms with Gasteiger partial charge in [0.2, 0.25) is 0 Å². The van der Waals surface area contributed by atoms with Gasteiger partial charge in [0.15, 0.2) is 5.96 Å². The third kappa shape index (κ3) is 5.16. The fourth-order valence-electron chi connectivity index (χ4n) is 3.24. The van der Waals surface area contributed by atoms with Crippen molar-refractivity contribution in [2.24, 2.45) is 4.99 Å². The molecule has 2 aliphatic rings. The molecule has 0 radical (unpaired) electrons. The van der Waals surface area contributed by atoms with E-state index < -0.39 is 0 Å². The highest BCUT2D eigenvalue weighted by Gasteiger charge is 2.44. The van der Waals surface area contributed by atoms with Crippen LogP contribution in [0.3, 0.4) is 0 Å². The summed E-state index contributed by atoms with van der Waals surface area (Å²) in [6, 6.07) is 6.96. The van der Waals surface area contributed by atoms with E-state index in [0.717, 1.165) is 70.3 Å². The molecule has 5 nitrogen and oxygen atoms in total. The second kappa shape index (κ2) is 8.63.